The minimum atomic E-state index is -4.45. The molecule has 0 saturated heterocycles. The van der Waals surface area contributed by atoms with Gasteiger partial charge in [-0.15, -0.1) is 0 Å². The number of rotatable bonds is 5. The van der Waals surface area contributed by atoms with Gasteiger partial charge in [-0.1, -0.05) is 0 Å². The number of aliphatic imine (C=N–C) groups is 1. The quantitative estimate of drug-likeness (QED) is 0.436. The molecule has 3 N–H and O–H groups in total. The summed E-state index contributed by atoms with van der Waals surface area (Å²) >= 11 is 0. The van der Waals surface area contributed by atoms with Crippen LogP contribution < -0.4 is 16.0 Å². The van der Waals surface area contributed by atoms with E-state index >= 15 is 0 Å². The lowest BCUT2D eigenvalue weighted by molar-refractivity contribution is -0.137. The molecule has 0 aliphatic heterocycles. The number of nitrogens with one attached hydrogen (secondary N) is 3. The Morgan fingerprint density at radius 1 is 1.06 bits per heavy atom. The van der Waals surface area contributed by atoms with Gasteiger partial charge >= 0.3 is 6.18 Å². The van der Waals surface area contributed by atoms with Gasteiger partial charge in [-0.2, -0.15) is 18.2 Å². The second kappa shape index (κ2) is 9.99. The molecule has 0 bridgehead atoms. The number of carbonyl (C=O) groups is 1. The summed E-state index contributed by atoms with van der Waals surface area (Å²) in [5, 5.41) is 10.2. The van der Waals surface area contributed by atoms with Crippen LogP contribution in [0.4, 0.5) is 19.0 Å². The van der Waals surface area contributed by atoms with E-state index in [4.69, 9.17) is 0 Å². The predicted molar refractivity (Wildman–Crippen MR) is 123 cm³/mol. The fraction of sp³-hybridized carbons (Fsp3) is 0.500. The third-order valence-corrected chi connectivity index (χ3v) is 6.53. The minimum Gasteiger partial charge on any atom is -0.366 e. The fourth-order valence-electron chi connectivity index (χ4n) is 4.34. The van der Waals surface area contributed by atoms with Crippen LogP contribution in [0.2, 0.25) is 0 Å². The second-order valence-corrected chi connectivity index (χ2v) is 9.31. The number of carbonyl (C=O) groups excluding carboxylic acids is 1. The van der Waals surface area contributed by atoms with Crippen LogP contribution in [0.3, 0.4) is 0 Å². The molecule has 2 aliphatic carbocycles. The number of alkyl halides is 3. The predicted octanol–water partition coefficient (Wildman–Crippen LogP) is 4.54. The molecular formula is C24H29F3N6O. The fourth-order valence-corrected chi connectivity index (χ4v) is 4.34. The Hall–Kier alpha value is -3.17. The van der Waals surface area contributed by atoms with Gasteiger partial charge in [0.15, 0.2) is 5.96 Å². The molecule has 0 atom stereocenters. The molecule has 2 saturated carbocycles. The lowest BCUT2D eigenvalue weighted by Gasteiger charge is -2.41. The average Bonchev–Trinajstić information content (AvgIpc) is 2.79. The molecule has 1 heterocycles. The highest BCUT2D eigenvalue weighted by atomic mass is 19.4. The van der Waals surface area contributed by atoms with E-state index in [0.717, 1.165) is 62.9 Å². The van der Waals surface area contributed by atoms with Crippen LogP contribution >= 0.6 is 0 Å². The third-order valence-electron chi connectivity index (χ3n) is 6.53. The van der Waals surface area contributed by atoms with Crippen LogP contribution in [-0.2, 0) is 6.18 Å². The Morgan fingerprint density at radius 2 is 1.74 bits per heavy atom. The largest absolute Gasteiger partial charge is 0.416 e. The van der Waals surface area contributed by atoms with Gasteiger partial charge in [0.1, 0.15) is 5.82 Å². The monoisotopic (exact) mass is 474 g/mol. The second-order valence-electron chi connectivity index (χ2n) is 9.31. The summed E-state index contributed by atoms with van der Waals surface area (Å²) in [6.07, 6.45) is 7.18. The summed E-state index contributed by atoms with van der Waals surface area (Å²) in [6, 6.07) is 4.57. The van der Waals surface area contributed by atoms with Crippen molar-refractivity contribution in [1.82, 2.24) is 20.6 Å². The number of anilines is 1. The number of amides is 1. The van der Waals surface area contributed by atoms with Gasteiger partial charge in [-0.05, 0) is 76.1 Å². The van der Waals surface area contributed by atoms with E-state index in [9.17, 15) is 18.0 Å². The molecule has 34 heavy (non-hydrogen) atoms. The third kappa shape index (κ3) is 6.24. The number of hydrogen-bond acceptors (Lipinski definition) is 4. The SMILES string of the molecule is CC1(N/C(=N/C(=O)c2ccc(C(F)(F)F)cc2)N[C@H]2CC[C@H](Nc3cnccn3)CC2)CCC1. The Kier molecular flexibility index (Phi) is 7.04. The van der Waals surface area contributed by atoms with Crippen LogP contribution in [0.5, 0.6) is 0 Å². The summed E-state index contributed by atoms with van der Waals surface area (Å²) in [5.41, 5.74) is -0.820. The van der Waals surface area contributed by atoms with Crippen molar-refractivity contribution >= 4 is 17.7 Å². The summed E-state index contributed by atoms with van der Waals surface area (Å²) in [7, 11) is 0. The molecule has 2 aromatic rings. The van der Waals surface area contributed by atoms with Gasteiger partial charge in [0, 0.05) is 35.6 Å². The maximum Gasteiger partial charge on any atom is 0.416 e. The van der Waals surface area contributed by atoms with Crippen molar-refractivity contribution in [2.75, 3.05) is 5.32 Å². The Balaban J connectivity index is 1.40. The molecule has 0 radical (unpaired) electrons. The summed E-state index contributed by atoms with van der Waals surface area (Å²) in [4.78, 5) is 25.3. The number of halogens is 3. The highest BCUT2D eigenvalue weighted by Crippen LogP contribution is 2.31. The van der Waals surface area contributed by atoms with Crippen LogP contribution in [0.1, 0.15) is 67.8 Å². The van der Waals surface area contributed by atoms with Crippen molar-refractivity contribution in [2.45, 2.75) is 75.7 Å². The summed E-state index contributed by atoms with van der Waals surface area (Å²) in [5.74, 6) is 0.560. The van der Waals surface area contributed by atoms with Gasteiger partial charge in [0.2, 0.25) is 0 Å². The molecule has 1 aromatic carbocycles. The number of nitrogens with zero attached hydrogens (tertiary/aromatic N) is 3. The van der Waals surface area contributed by atoms with Crippen LogP contribution in [0.15, 0.2) is 47.8 Å². The van der Waals surface area contributed by atoms with E-state index in [2.05, 4.69) is 37.8 Å². The molecule has 182 valence electrons. The first-order valence-corrected chi connectivity index (χ1v) is 11.6. The molecule has 4 rings (SSSR count). The van der Waals surface area contributed by atoms with Gasteiger partial charge in [-0.25, -0.2) is 4.98 Å². The van der Waals surface area contributed by atoms with Crippen molar-refractivity contribution < 1.29 is 18.0 Å². The topological polar surface area (TPSA) is 91.3 Å². The molecule has 0 spiro atoms. The number of hydrogen-bond donors (Lipinski definition) is 3. The van der Waals surface area contributed by atoms with E-state index in [1.807, 2.05) is 0 Å². The van der Waals surface area contributed by atoms with Crippen LogP contribution in [-0.4, -0.2) is 39.5 Å². The lowest BCUT2D eigenvalue weighted by Crippen LogP contribution is -2.57. The molecule has 10 heteroatoms. The maximum absolute atomic E-state index is 12.8. The minimum absolute atomic E-state index is 0.116. The first kappa shape index (κ1) is 24.0. The molecule has 1 amide bonds. The first-order chi connectivity index (χ1) is 16.2. The molecule has 0 unspecified atom stereocenters. The van der Waals surface area contributed by atoms with E-state index in [0.29, 0.717) is 12.0 Å². The highest BCUT2D eigenvalue weighted by molar-refractivity contribution is 6.02. The number of benzene rings is 1. The Morgan fingerprint density at radius 3 is 2.29 bits per heavy atom. The molecule has 2 aliphatic rings. The van der Waals surface area contributed by atoms with E-state index in [1.165, 1.54) is 12.1 Å². The normalized spacial score (nSPS) is 22.4. The van der Waals surface area contributed by atoms with Crippen molar-refractivity contribution in [2.24, 2.45) is 4.99 Å². The van der Waals surface area contributed by atoms with Crippen molar-refractivity contribution in [3.63, 3.8) is 0 Å². The van der Waals surface area contributed by atoms with E-state index in [-0.39, 0.29) is 17.1 Å². The van der Waals surface area contributed by atoms with Crippen LogP contribution in [0, 0.1) is 0 Å². The lowest BCUT2D eigenvalue weighted by atomic mass is 9.79. The maximum atomic E-state index is 12.8. The summed E-state index contributed by atoms with van der Waals surface area (Å²) in [6.45, 7) is 2.08. The molecular weight excluding hydrogens is 445 g/mol. The molecule has 2 fully saturated rings. The van der Waals surface area contributed by atoms with Crippen molar-refractivity contribution in [3.8, 4) is 0 Å². The zero-order valence-corrected chi connectivity index (χ0v) is 19.0. The zero-order valence-electron chi connectivity index (χ0n) is 19.0. The van der Waals surface area contributed by atoms with Crippen molar-refractivity contribution in [3.05, 3.63) is 54.0 Å². The Labute approximate surface area is 196 Å². The Bertz CT molecular complexity index is 998. The van der Waals surface area contributed by atoms with Gasteiger partial charge in [0.25, 0.3) is 5.91 Å². The highest BCUT2D eigenvalue weighted by Gasteiger charge is 2.34. The molecule has 7 nitrogen and oxygen atoms in total. The average molecular weight is 475 g/mol. The zero-order chi connectivity index (χ0) is 24.2. The van der Waals surface area contributed by atoms with Crippen LogP contribution in [0.25, 0.3) is 0 Å². The van der Waals surface area contributed by atoms with Crippen molar-refractivity contribution in [1.29, 1.82) is 0 Å². The summed E-state index contributed by atoms with van der Waals surface area (Å²) < 4.78 is 38.5. The first-order valence-electron chi connectivity index (χ1n) is 11.6. The number of guanidine groups is 1. The molecule has 1 aromatic heterocycles. The number of aromatic nitrogens is 2. The van der Waals surface area contributed by atoms with Gasteiger partial charge < -0.3 is 16.0 Å². The standard InChI is InChI=1S/C24H29F3N6O/c1-23(11-2-12-23)33-22(32-21(34)16-3-5-17(6-4-16)24(25,26)27)31-19-9-7-18(8-10-19)30-20-15-28-13-14-29-20/h3-6,13-15,18-19H,2,7-12H2,1H3,(H,29,30)(H2,31,32,33,34)/t18-,19-. The van der Waals surface area contributed by atoms with E-state index in [1.54, 1.807) is 18.6 Å². The smallest absolute Gasteiger partial charge is 0.366 e. The van der Waals surface area contributed by atoms with Gasteiger partial charge in [0.05, 0.1) is 11.8 Å². The van der Waals surface area contributed by atoms with E-state index < -0.39 is 17.6 Å². The van der Waals surface area contributed by atoms with Gasteiger partial charge in [-0.3, -0.25) is 9.78 Å².